The van der Waals surface area contributed by atoms with Crippen molar-refractivity contribution in [2.24, 2.45) is 0 Å². The Morgan fingerprint density at radius 2 is 2.05 bits per heavy atom. The first-order valence-corrected chi connectivity index (χ1v) is 7.37. The Morgan fingerprint density at radius 3 is 2.74 bits per heavy atom. The molecule has 1 N–H and O–H groups in total. The molecule has 1 aliphatic heterocycles. The van der Waals surface area contributed by atoms with E-state index in [0.717, 1.165) is 30.4 Å². The molecule has 2 rings (SSSR count). The molecule has 19 heavy (non-hydrogen) atoms. The number of carbonyl (C=O) groups excluding carboxylic acids is 1. The second-order valence-corrected chi connectivity index (χ2v) is 5.79. The summed E-state index contributed by atoms with van der Waals surface area (Å²) in [4.78, 5) is 14.1. The van der Waals surface area contributed by atoms with E-state index in [4.69, 9.17) is 0 Å². The minimum atomic E-state index is -0.415. The van der Waals surface area contributed by atoms with E-state index in [2.05, 4.69) is 21.2 Å². The van der Waals surface area contributed by atoms with Crippen LogP contribution in [0.25, 0.3) is 0 Å². The van der Waals surface area contributed by atoms with Gasteiger partial charge < -0.3 is 10.2 Å². The zero-order valence-corrected chi connectivity index (χ0v) is 12.5. The van der Waals surface area contributed by atoms with Crippen LogP contribution in [-0.4, -0.2) is 29.9 Å². The van der Waals surface area contributed by atoms with E-state index in [9.17, 15) is 9.18 Å². The number of carbonyl (C=O) groups is 1. The second kappa shape index (κ2) is 6.37. The van der Waals surface area contributed by atoms with E-state index in [1.54, 1.807) is 19.1 Å². The summed E-state index contributed by atoms with van der Waals surface area (Å²) in [6.45, 7) is 3.40. The number of halogens is 2. The molecule has 1 aliphatic rings. The number of rotatable bonds is 3. The van der Waals surface area contributed by atoms with Crippen molar-refractivity contribution in [3.05, 3.63) is 28.5 Å². The molecule has 0 spiro atoms. The van der Waals surface area contributed by atoms with E-state index in [-0.39, 0.29) is 11.7 Å². The van der Waals surface area contributed by atoms with Crippen LogP contribution in [0.15, 0.2) is 22.7 Å². The molecule has 1 fully saturated rings. The molecule has 1 aromatic rings. The first-order valence-electron chi connectivity index (χ1n) is 6.58. The average molecular weight is 329 g/mol. The van der Waals surface area contributed by atoms with E-state index < -0.39 is 6.04 Å². The van der Waals surface area contributed by atoms with Crippen LogP contribution in [0.4, 0.5) is 10.1 Å². The molecule has 0 saturated carbocycles. The Hall–Kier alpha value is -1.10. The van der Waals surface area contributed by atoms with Gasteiger partial charge in [0.15, 0.2) is 0 Å². The third-order valence-corrected chi connectivity index (χ3v) is 3.83. The molecule has 1 atom stereocenters. The molecular weight excluding hydrogens is 311 g/mol. The summed E-state index contributed by atoms with van der Waals surface area (Å²) in [5.74, 6) is -0.305. The summed E-state index contributed by atoms with van der Waals surface area (Å²) in [6.07, 6.45) is 3.30. The minimum Gasteiger partial charge on any atom is -0.371 e. The molecule has 3 nitrogen and oxygen atoms in total. The summed E-state index contributed by atoms with van der Waals surface area (Å²) in [5, 5.41) is 2.95. The molecular formula is C14H18BrFN2O. The highest BCUT2D eigenvalue weighted by molar-refractivity contribution is 9.10. The lowest BCUT2D eigenvalue weighted by molar-refractivity contribution is -0.132. The highest BCUT2D eigenvalue weighted by Gasteiger charge is 2.22. The van der Waals surface area contributed by atoms with Crippen molar-refractivity contribution in [3.63, 3.8) is 0 Å². The van der Waals surface area contributed by atoms with Crippen molar-refractivity contribution in [3.8, 4) is 0 Å². The van der Waals surface area contributed by atoms with Crippen molar-refractivity contribution in [2.75, 3.05) is 18.4 Å². The van der Waals surface area contributed by atoms with Crippen molar-refractivity contribution in [1.82, 2.24) is 4.90 Å². The normalized spacial score (nSPS) is 17.1. The Morgan fingerprint density at radius 1 is 1.37 bits per heavy atom. The van der Waals surface area contributed by atoms with E-state index in [1.807, 2.05) is 4.90 Å². The average Bonchev–Trinajstić information content (AvgIpc) is 2.43. The van der Waals surface area contributed by atoms with Crippen molar-refractivity contribution >= 4 is 27.5 Å². The van der Waals surface area contributed by atoms with Gasteiger partial charge in [-0.15, -0.1) is 0 Å². The fourth-order valence-corrected chi connectivity index (χ4v) is 2.65. The number of nitrogens with zero attached hydrogens (tertiary/aromatic N) is 1. The highest BCUT2D eigenvalue weighted by atomic mass is 79.9. The van der Waals surface area contributed by atoms with Crippen LogP contribution in [-0.2, 0) is 4.79 Å². The number of piperidine rings is 1. The maximum absolute atomic E-state index is 13.6. The Bertz CT molecular complexity index is 461. The predicted octanol–water partition coefficient (Wildman–Crippen LogP) is 3.40. The summed E-state index contributed by atoms with van der Waals surface area (Å²) >= 11 is 3.30. The molecule has 1 saturated heterocycles. The molecule has 1 unspecified atom stereocenters. The molecule has 0 bridgehead atoms. The Labute approximate surface area is 121 Å². The number of benzene rings is 1. The molecule has 0 aliphatic carbocycles. The third-order valence-electron chi connectivity index (χ3n) is 3.34. The van der Waals surface area contributed by atoms with Crippen molar-refractivity contribution < 1.29 is 9.18 Å². The summed E-state index contributed by atoms with van der Waals surface area (Å²) in [5.41, 5.74) is 0.354. The number of hydrogen-bond acceptors (Lipinski definition) is 2. The third kappa shape index (κ3) is 3.69. The lowest BCUT2D eigenvalue weighted by atomic mass is 10.1. The van der Waals surface area contributed by atoms with Crippen LogP contribution in [0.2, 0.25) is 0 Å². The van der Waals surface area contributed by atoms with E-state index in [1.165, 1.54) is 12.5 Å². The summed E-state index contributed by atoms with van der Waals surface area (Å²) in [7, 11) is 0. The Kier molecular flexibility index (Phi) is 4.80. The molecule has 5 heteroatoms. The number of hydrogen-bond donors (Lipinski definition) is 1. The number of anilines is 1. The first kappa shape index (κ1) is 14.3. The second-order valence-electron chi connectivity index (χ2n) is 4.88. The van der Waals surface area contributed by atoms with Crippen LogP contribution < -0.4 is 5.32 Å². The molecule has 1 amide bonds. The molecule has 1 heterocycles. The summed E-state index contributed by atoms with van der Waals surface area (Å²) < 4.78 is 14.4. The molecule has 1 aromatic carbocycles. The van der Waals surface area contributed by atoms with E-state index >= 15 is 0 Å². The van der Waals surface area contributed by atoms with Crippen molar-refractivity contribution in [1.29, 1.82) is 0 Å². The quantitative estimate of drug-likeness (QED) is 0.922. The topological polar surface area (TPSA) is 32.3 Å². The monoisotopic (exact) mass is 328 g/mol. The number of nitrogens with one attached hydrogen (secondary N) is 1. The lowest BCUT2D eigenvalue weighted by Gasteiger charge is -2.29. The van der Waals surface area contributed by atoms with Gasteiger partial charge in [-0.3, -0.25) is 4.79 Å². The highest BCUT2D eigenvalue weighted by Crippen LogP contribution is 2.21. The largest absolute Gasteiger partial charge is 0.371 e. The first-order chi connectivity index (χ1) is 9.08. The van der Waals surface area contributed by atoms with Gasteiger partial charge in [0.1, 0.15) is 11.9 Å². The van der Waals surface area contributed by atoms with Crippen LogP contribution in [0, 0.1) is 5.82 Å². The number of amides is 1. The predicted molar refractivity (Wildman–Crippen MR) is 77.6 cm³/mol. The lowest BCUT2D eigenvalue weighted by Crippen LogP contribution is -2.44. The number of likely N-dealkylation sites (tertiary alicyclic amines) is 1. The van der Waals surface area contributed by atoms with Gasteiger partial charge in [-0.1, -0.05) is 15.9 Å². The molecule has 0 radical (unpaired) electrons. The van der Waals surface area contributed by atoms with Gasteiger partial charge in [0, 0.05) is 17.6 Å². The molecule has 0 aromatic heterocycles. The van der Waals surface area contributed by atoms with Gasteiger partial charge in [0.25, 0.3) is 0 Å². The van der Waals surface area contributed by atoms with Gasteiger partial charge in [-0.25, -0.2) is 4.39 Å². The smallest absolute Gasteiger partial charge is 0.244 e. The van der Waals surface area contributed by atoms with Gasteiger partial charge >= 0.3 is 0 Å². The van der Waals surface area contributed by atoms with Gasteiger partial charge in [0.2, 0.25) is 5.91 Å². The minimum absolute atomic E-state index is 0.0408. The summed E-state index contributed by atoms with van der Waals surface area (Å²) in [6, 6.07) is 4.25. The van der Waals surface area contributed by atoms with E-state index in [0.29, 0.717) is 5.69 Å². The zero-order chi connectivity index (χ0) is 13.8. The van der Waals surface area contributed by atoms with Crippen LogP contribution in [0.3, 0.4) is 0 Å². The van der Waals surface area contributed by atoms with Crippen molar-refractivity contribution in [2.45, 2.75) is 32.2 Å². The standard InChI is InChI=1S/C14H18BrFN2O/c1-10(14(19)18-7-3-2-4-8-18)17-13-9-11(15)5-6-12(13)16/h5-6,9-10,17H,2-4,7-8H2,1H3. The fraction of sp³-hybridized carbons (Fsp3) is 0.500. The van der Waals surface area contributed by atoms with Gasteiger partial charge in [-0.2, -0.15) is 0 Å². The SMILES string of the molecule is CC(Nc1cc(Br)ccc1F)C(=O)N1CCCCC1. The zero-order valence-electron chi connectivity index (χ0n) is 11.0. The van der Waals surface area contributed by atoms with Crippen LogP contribution in [0.1, 0.15) is 26.2 Å². The maximum atomic E-state index is 13.6. The van der Waals surface area contributed by atoms with Crippen LogP contribution in [0.5, 0.6) is 0 Å². The molecule has 104 valence electrons. The van der Waals surface area contributed by atoms with Crippen LogP contribution >= 0.6 is 15.9 Å². The van der Waals surface area contributed by atoms with Gasteiger partial charge in [-0.05, 0) is 44.4 Å². The Balaban J connectivity index is 2.01. The van der Waals surface area contributed by atoms with Gasteiger partial charge in [0.05, 0.1) is 5.69 Å². The maximum Gasteiger partial charge on any atom is 0.244 e. The fourth-order valence-electron chi connectivity index (χ4n) is 2.29.